The summed E-state index contributed by atoms with van der Waals surface area (Å²) in [5.41, 5.74) is 0. The number of esters is 1. The van der Waals surface area contributed by atoms with E-state index in [-0.39, 0.29) is 18.9 Å². The van der Waals surface area contributed by atoms with Crippen molar-refractivity contribution in [1.29, 1.82) is 0 Å². The zero-order chi connectivity index (χ0) is 9.40. The van der Waals surface area contributed by atoms with Crippen LogP contribution in [0.3, 0.4) is 0 Å². The van der Waals surface area contributed by atoms with Crippen molar-refractivity contribution in [2.45, 2.75) is 27.1 Å². The monoisotopic (exact) mass is 176 g/mol. The van der Waals surface area contributed by atoms with Gasteiger partial charge in [0, 0.05) is 6.61 Å². The number of hydrogen-bond donors (Lipinski definition) is 0. The summed E-state index contributed by atoms with van der Waals surface area (Å²) in [5.74, 6) is -0.357. The molecule has 4 nitrogen and oxygen atoms in total. The van der Waals surface area contributed by atoms with E-state index < -0.39 is 0 Å². The van der Waals surface area contributed by atoms with Gasteiger partial charge in [0.25, 0.3) is 0 Å². The van der Waals surface area contributed by atoms with Crippen LogP contribution in [0.25, 0.3) is 0 Å². The Morgan fingerprint density at radius 1 is 1.25 bits per heavy atom. The van der Waals surface area contributed by atoms with Crippen LogP contribution in [0.2, 0.25) is 0 Å². The van der Waals surface area contributed by atoms with Gasteiger partial charge in [-0.3, -0.25) is 0 Å². The van der Waals surface area contributed by atoms with E-state index in [9.17, 15) is 4.79 Å². The lowest BCUT2D eigenvalue weighted by Crippen LogP contribution is -2.19. The lowest BCUT2D eigenvalue weighted by molar-refractivity contribution is -0.167. The van der Waals surface area contributed by atoms with Crippen molar-refractivity contribution in [1.82, 2.24) is 0 Å². The SMILES string of the molecule is CCOC(=O)COC(C)OCC. The van der Waals surface area contributed by atoms with Crippen LogP contribution in [-0.4, -0.2) is 32.1 Å². The molecule has 0 spiro atoms. The molecule has 0 amide bonds. The summed E-state index contributed by atoms with van der Waals surface area (Å²) in [7, 11) is 0. The quantitative estimate of drug-likeness (QED) is 0.446. The van der Waals surface area contributed by atoms with Gasteiger partial charge in [-0.1, -0.05) is 0 Å². The first-order valence-corrected chi connectivity index (χ1v) is 4.09. The summed E-state index contributed by atoms with van der Waals surface area (Å²) in [6.07, 6.45) is -0.348. The van der Waals surface area contributed by atoms with E-state index in [0.29, 0.717) is 13.2 Å². The maximum Gasteiger partial charge on any atom is 0.332 e. The van der Waals surface area contributed by atoms with E-state index in [2.05, 4.69) is 4.74 Å². The van der Waals surface area contributed by atoms with Crippen molar-refractivity contribution >= 4 is 5.97 Å². The van der Waals surface area contributed by atoms with Gasteiger partial charge in [-0.25, -0.2) is 4.79 Å². The molecular formula is C8H16O4. The molecule has 0 aromatic carbocycles. The summed E-state index contributed by atoms with van der Waals surface area (Å²) >= 11 is 0. The van der Waals surface area contributed by atoms with Crippen LogP contribution in [0.15, 0.2) is 0 Å². The third-order valence-corrected chi connectivity index (χ3v) is 1.14. The van der Waals surface area contributed by atoms with Gasteiger partial charge in [-0.15, -0.1) is 0 Å². The first-order chi connectivity index (χ1) is 5.70. The molecule has 1 unspecified atom stereocenters. The molecule has 0 fully saturated rings. The van der Waals surface area contributed by atoms with E-state index in [4.69, 9.17) is 9.47 Å². The molecule has 0 aliphatic carbocycles. The van der Waals surface area contributed by atoms with Crippen LogP contribution in [0, 0.1) is 0 Å². The van der Waals surface area contributed by atoms with Gasteiger partial charge in [0.2, 0.25) is 0 Å². The summed E-state index contributed by atoms with van der Waals surface area (Å²) in [6.45, 7) is 6.26. The summed E-state index contributed by atoms with van der Waals surface area (Å²) in [5, 5.41) is 0. The highest BCUT2D eigenvalue weighted by molar-refractivity contribution is 5.70. The number of hydrogen-bond acceptors (Lipinski definition) is 4. The fourth-order valence-electron chi connectivity index (χ4n) is 0.671. The van der Waals surface area contributed by atoms with E-state index in [1.165, 1.54) is 0 Å². The van der Waals surface area contributed by atoms with Crippen LogP contribution in [0.4, 0.5) is 0 Å². The molecule has 0 heterocycles. The number of ether oxygens (including phenoxy) is 3. The lowest BCUT2D eigenvalue weighted by atomic mass is 10.6. The van der Waals surface area contributed by atoms with E-state index in [1.807, 2.05) is 6.92 Å². The van der Waals surface area contributed by atoms with Gasteiger partial charge in [-0.2, -0.15) is 0 Å². The van der Waals surface area contributed by atoms with Crippen LogP contribution < -0.4 is 0 Å². The maximum atomic E-state index is 10.7. The Kier molecular flexibility index (Phi) is 6.70. The Labute approximate surface area is 72.8 Å². The topological polar surface area (TPSA) is 44.8 Å². The van der Waals surface area contributed by atoms with Gasteiger partial charge >= 0.3 is 5.97 Å². The van der Waals surface area contributed by atoms with Crippen molar-refractivity contribution in [2.75, 3.05) is 19.8 Å². The summed E-state index contributed by atoms with van der Waals surface area (Å²) in [6, 6.07) is 0. The van der Waals surface area contributed by atoms with Crippen molar-refractivity contribution in [3.8, 4) is 0 Å². The van der Waals surface area contributed by atoms with Gasteiger partial charge < -0.3 is 14.2 Å². The second-order valence-corrected chi connectivity index (χ2v) is 2.14. The predicted molar refractivity (Wildman–Crippen MR) is 43.7 cm³/mol. The third-order valence-electron chi connectivity index (χ3n) is 1.14. The van der Waals surface area contributed by atoms with E-state index in [0.717, 1.165) is 0 Å². The van der Waals surface area contributed by atoms with Gasteiger partial charge in [0.15, 0.2) is 6.29 Å². The average Bonchev–Trinajstić information content (AvgIpc) is 2.02. The number of carbonyl (C=O) groups is 1. The van der Waals surface area contributed by atoms with Gasteiger partial charge in [-0.05, 0) is 20.8 Å². The Bertz CT molecular complexity index is 124. The number of carbonyl (C=O) groups excluding carboxylic acids is 1. The molecule has 4 heteroatoms. The molecule has 12 heavy (non-hydrogen) atoms. The fourth-order valence-corrected chi connectivity index (χ4v) is 0.671. The zero-order valence-electron chi connectivity index (χ0n) is 7.83. The van der Waals surface area contributed by atoms with Crippen molar-refractivity contribution in [2.24, 2.45) is 0 Å². The molecule has 0 aliphatic heterocycles. The zero-order valence-corrected chi connectivity index (χ0v) is 7.83. The molecule has 0 aromatic heterocycles. The minimum atomic E-state index is -0.357. The molecular weight excluding hydrogens is 160 g/mol. The van der Waals surface area contributed by atoms with Crippen molar-refractivity contribution < 1.29 is 19.0 Å². The highest BCUT2D eigenvalue weighted by atomic mass is 16.7. The third kappa shape index (κ3) is 6.12. The standard InChI is InChI=1S/C8H16O4/c1-4-10-7(3)12-6-8(9)11-5-2/h7H,4-6H2,1-3H3. The first-order valence-electron chi connectivity index (χ1n) is 4.09. The van der Waals surface area contributed by atoms with Crippen LogP contribution >= 0.6 is 0 Å². The molecule has 0 saturated carbocycles. The number of rotatable bonds is 6. The molecule has 0 radical (unpaired) electrons. The highest BCUT2D eigenvalue weighted by Crippen LogP contribution is 1.93. The van der Waals surface area contributed by atoms with Crippen molar-refractivity contribution in [3.63, 3.8) is 0 Å². The second kappa shape index (κ2) is 7.06. The maximum absolute atomic E-state index is 10.7. The molecule has 0 aliphatic rings. The average molecular weight is 176 g/mol. The van der Waals surface area contributed by atoms with Crippen LogP contribution in [0.5, 0.6) is 0 Å². The van der Waals surface area contributed by atoms with Gasteiger partial charge in [0.1, 0.15) is 6.61 Å². The Balaban J connectivity index is 3.33. The highest BCUT2D eigenvalue weighted by Gasteiger charge is 2.05. The molecule has 0 N–H and O–H groups in total. The fraction of sp³-hybridized carbons (Fsp3) is 0.875. The van der Waals surface area contributed by atoms with Crippen molar-refractivity contribution in [3.05, 3.63) is 0 Å². The van der Waals surface area contributed by atoms with Gasteiger partial charge in [0.05, 0.1) is 6.61 Å². The van der Waals surface area contributed by atoms with E-state index in [1.54, 1.807) is 13.8 Å². The molecule has 72 valence electrons. The Morgan fingerprint density at radius 2 is 1.92 bits per heavy atom. The Hall–Kier alpha value is -0.610. The molecule has 1 atom stereocenters. The minimum absolute atomic E-state index is 0.0466. The van der Waals surface area contributed by atoms with Crippen LogP contribution in [-0.2, 0) is 19.0 Å². The molecule has 0 rings (SSSR count). The van der Waals surface area contributed by atoms with Crippen LogP contribution in [0.1, 0.15) is 20.8 Å². The minimum Gasteiger partial charge on any atom is -0.464 e. The largest absolute Gasteiger partial charge is 0.464 e. The normalized spacial score (nSPS) is 12.6. The summed E-state index contributed by atoms with van der Waals surface area (Å²) in [4.78, 5) is 10.7. The first kappa shape index (κ1) is 11.4. The predicted octanol–water partition coefficient (Wildman–Crippen LogP) is 0.949. The summed E-state index contributed by atoms with van der Waals surface area (Å²) < 4.78 is 14.7. The molecule has 0 aromatic rings. The smallest absolute Gasteiger partial charge is 0.332 e. The lowest BCUT2D eigenvalue weighted by Gasteiger charge is -2.11. The van der Waals surface area contributed by atoms with E-state index >= 15 is 0 Å². The second-order valence-electron chi connectivity index (χ2n) is 2.14. The Morgan fingerprint density at radius 3 is 2.42 bits per heavy atom. The molecule has 0 saturated heterocycles. The molecule has 0 bridgehead atoms.